The van der Waals surface area contributed by atoms with Gasteiger partial charge in [0.15, 0.2) is 0 Å². The van der Waals surface area contributed by atoms with Gasteiger partial charge in [0.05, 0.1) is 13.7 Å². The lowest BCUT2D eigenvalue weighted by Gasteiger charge is -2.26. The highest BCUT2D eigenvalue weighted by molar-refractivity contribution is 7.89. The van der Waals surface area contributed by atoms with Crippen LogP contribution < -0.4 is 4.74 Å². The zero-order valence-corrected chi connectivity index (χ0v) is 12.7. The van der Waals surface area contributed by atoms with Gasteiger partial charge in [0.1, 0.15) is 10.6 Å². The van der Waals surface area contributed by atoms with E-state index in [0.29, 0.717) is 17.1 Å². The predicted octanol–water partition coefficient (Wildman–Crippen LogP) is -0.0595. The molecule has 0 aromatic heterocycles. The van der Waals surface area contributed by atoms with Crippen LogP contribution in [0, 0.1) is 0 Å². The summed E-state index contributed by atoms with van der Waals surface area (Å²) in [7, 11) is -3.21. The molecule has 112 valence electrons. The van der Waals surface area contributed by atoms with Gasteiger partial charge in [-0.1, -0.05) is 6.07 Å². The van der Waals surface area contributed by atoms with Gasteiger partial charge < -0.3 is 9.84 Å². The zero-order valence-electron chi connectivity index (χ0n) is 11.1. The molecule has 0 radical (unpaired) electrons. The largest absolute Gasteiger partial charge is 0.495 e. The SMILES string of the molecule is COc1cc(CO)ccc1S(=O)(=O)N1CCS(=O)CC1. The molecule has 0 atom stereocenters. The topological polar surface area (TPSA) is 83.9 Å². The molecule has 1 aliphatic rings. The van der Waals surface area contributed by atoms with Crippen molar-refractivity contribution in [1.82, 2.24) is 4.31 Å². The number of benzene rings is 1. The summed E-state index contributed by atoms with van der Waals surface area (Å²) in [5.74, 6) is 0.926. The van der Waals surface area contributed by atoms with Gasteiger partial charge in [-0.25, -0.2) is 8.42 Å². The average Bonchev–Trinajstić information content (AvgIpc) is 2.46. The summed E-state index contributed by atoms with van der Waals surface area (Å²) >= 11 is 0. The van der Waals surface area contributed by atoms with Crippen molar-refractivity contribution >= 4 is 20.8 Å². The Kier molecular flexibility index (Phi) is 4.79. The Bertz CT molecular complexity index is 604. The molecule has 1 aromatic carbocycles. The van der Waals surface area contributed by atoms with Gasteiger partial charge in [0.25, 0.3) is 0 Å². The van der Waals surface area contributed by atoms with Crippen molar-refractivity contribution in [2.75, 3.05) is 31.7 Å². The fourth-order valence-electron chi connectivity index (χ4n) is 2.02. The van der Waals surface area contributed by atoms with Gasteiger partial charge in [-0.2, -0.15) is 4.31 Å². The Hall–Kier alpha value is -0.960. The van der Waals surface area contributed by atoms with E-state index in [1.165, 1.54) is 23.5 Å². The van der Waals surface area contributed by atoms with Crippen LogP contribution >= 0.6 is 0 Å². The average molecular weight is 319 g/mol. The molecule has 2 rings (SSSR count). The summed E-state index contributed by atoms with van der Waals surface area (Å²) in [6.45, 7) is 0.319. The second kappa shape index (κ2) is 6.21. The fraction of sp³-hybridized carbons (Fsp3) is 0.500. The quantitative estimate of drug-likeness (QED) is 0.840. The van der Waals surface area contributed by atoms with Crippen LogP contribution in [0.15, 0.2) is 23.1 Å². The summed E-state index contributed by atoms with van der Waals surface area (Å²) in [5, 5.41) is 9.08. The van der Waals surface area contributed by atoms with Gasteiger partial charge in [0, 0.05) is 35.4 Å². The first-order valence-corrected chi connectivity index (χ1v) is 9.04. The van der Waals surface area contributed by atoms with Crippen LogP contribution in [0.1, 0.15) is 5.56 Å². The monoisotopic (exact) mass is 319 g/mol. The van der Waals surface area contributed by atoms with Crippen LogP contribution in [0.3, 0.4) is 0 Å². The van der Waals surface area contributed by atoms with E-state index in [1.807, 2.05) is 0 Å². The summed E-state index contributed by atoms with van der Waals surface area (Å²) in [5.41, 5.74) is 0.584. The predicted molar refractivity (Wildman–Crippen MR) is 75.6 cm³/mol. The number of methoxy groups -OCH3 is 1. The molecule has 0 spiro atoms. The number of nitrogens with zero attached hydrogens (tertiary/aromatic N) is 1. The Morgan fingerprint density at radius 1 is 1.35 bits per heavy atom. The number of hydrogen-bond acceptors (Lipinski definition) is 5. The second-order valence-electron chi connectivity index (χ2n) is 4.40. The van der Waals surface area contributed by atoms with E-state index in [4.69, 9.17) is 9.84 Å². The molecule has 0 amide bonds. The molecule has 0 aliphatic carbocycles. The van der Waals surface area contributed by atoms with Crippen LogP contribution in [0.2, 0.25) is 0 Å². The minimum Gasteiger partial charge on any atom is -0.495 e. The Balaban J connectivity index is 2.36. The van der Waals surface area contributed by atoms with E-state index in [-0.39, 0.29) is 30.3 Å². The first kappa shape index (κ1) is 15.4. The van der Waals surface area contributed by atoms with E-state index in [9.17, 15) is 12.6 Å². The highest BCUT2D eigenvalue weighted by Gasteiger charge is 2.30. The number of sulfonamides is 1. The van der Waals surface area contributed by atoms with Gasteiger partial charge in [0.2, 0.25) is 10.0 Å². The van der Waals surface area contributed by atoms with Gasteiger partial charge in [-0.3, -0.25) is 4.21 Å². The van der Waals surface area contributed by atoms with Crippen LogP contribution in [0.5, 0.6) is 5.75 Å². The molecule has 0 unspecified atom stereocenters. The number of hydrogen-bond donors (Lipinski definition) is 1. The summed E-state index contributed by atoms with van der Waals surface area (Å²) < 4.78 is 42.9. The van der Waals surface area contributed by atoms with Crippen molar-refractivity contribution < 1.29 is 22.5 Å². The molecular weight excluding hydrogens is 302 g/mol. The lowest BCUT2D eigenvalue weighted by atomic mass is 10.2. The Labute approximate surface area is 120 Å². The highest BCUT2D eigenvalue weighted by Crippen LogP contribution is 2.28. The van der Waals surface area contributed by atoms with E-state index >= 15 is 0 Å². The molecule has 0 saturated carbocycles. The minimum atomic E-state index is -3.66. The third-order valence-electron chi connectivity index (χ3n) is 3.17. The number of ether oxygens (including phenoxy) is 1. The van der Waals surface area contributed by atoms with E-state index in [0.717, 1.165) is 0 Å². The molecule has 8 heteroatoms. The van der Waals surface area contributed by atoms with Crippen molar-refractivity contribution in [1.29, 1.82) is 0 Å². The highest BCUT2D eigenvalue weighted by atomic mass is 32.2. The molecule has 1 saturated heterocycles. The normalized spacial score (nSPS) is 18.1. The lowest BCUT2D eigenvalue weighted by molar-refractivity contribution is 0.280. The van der Waals surface area contributed by atoms with Crippen molar-refractivity contribution in [3.05, 3.63) is 23.8 Å². The summed E-state index contributed by atoms with van der Waals surface area (Å²) in [6, 6.07) is 4.50. The minimum absolute atomic E-state index is 0.0740. The molecular formula is C12H17NO5S2. The maximum Gasteiger partial charge on any atom is 0.246 e. The fourth-order valence-corrected chi connectivity index (χ4v) is 4.89. The van der Waals surface area contributed by atoms with Crippen LogP contribution in [0.25, 0.3) is 0 Å². The van der Waals surface area contributed by atoms with Crippen molar-refractivity contribution in [2.24, 2.45) is 0 Å². The van der Waals surface area contributed by atoms with Crippen molar-refractivity contribution in [3.63, 3.8) is 0 Å². The molecule has 0 bridgehead atoms. The van der Waals surface area contributed by atoms with Gasteiger partial charge in [-0.05, 0) is 17.7 Å². The third kappa shape index (κ3) is 3.03. The van der Waals surface area contributed by atoms with E-state index in [2.05, 4.69) is 0 Å². The van der Waals surface area contributed by atoms with Gasteiger partial charge >= 0.3 is 0 Å². The van der Waals surface area contributed by atoms with Crippen LogP contribution in [-0.2, 0) is 27.4 Å². The molecule has 20 heavy (non-hydrogen) atoms. The summed E-state index contributed by atoms with van der Waals surface area (Å²) in [4.78, 5) is 0.0740. The number of aliphatic hydroxyl groups excluding tert-OH is 1. The van der Waals surface area contributed by atoms with Crippen LogP contribution in [0.4, 0.5) is 0 Å². The first-order chi connectivity index (χ1) is 9.48. The first-order valence-electron chi connectivity index (χ1n) is 6.12. The zero-order chi connectivity index (χ0) is 14.8. The molecule has 1 N–H and O–H groups in total. The Morgan fingerprint density at radius 2 is 2.00 bits per heavy atom. The lowest BCUT2D eigenvalue weighted by Crippen LogP contribution is -2.41. The molecule has 1 heterocycles. The maximum absolute atomic E-state index is 12.6. The second-order valence-corrected chi connectivity index (χ2v) is 8.00. The van der Waals surface area contributed by atoms with E-state index < -0.39 is 20.8 Å². The van der Waals surface area contributed by atoms with Crippen LogP contribution in [-0.4, -0.2) is 53.7 Å². The number of aliphatic hydroxyl groups is 1. The third-order valence-corrected chi connectivity index (χ3v) is 6.38. The van der Waals surface area contributed by atoms with Gasteiger partial charge in [-0.15, -0.1) is 0 Å². The van der Waals surface area contributed by atoms with E-state index in [1.54, 1.807) is 6.07 Å². The molecule has 1 aromatic rings. The maximum atomic E-state index is 12.6. The number of rotatable bonds is 4. The summed E-state index contributed by atoms with van der Waals surface area (Å²) in [6.07, 6.45) is 0. The molecule has 1 aliphatic heterocycles. The molecule has 1 fully saturated rings. The Morgan fingerprint density at radius 3 is 2.55 bits per heavy atom. The standard InChI is InChI=1S/C12H17NO5S2/c1-18-11-8-10(9-14)2-3-12(11)20(16,17)13-4-6-19(15)7-5-13/h2-3,8,14H,4-7,9H2,1H3. The van der Waals surface area contributed by atoms with Crippen molar-refractivity contribution in [2.45, 2.75) is 11.5 Å². The molecule has 6 nitrogen and oxygen atoms in total. The van der Waals surface area contributed by atoms with Crippen molar-refractivity contribution in [3.8, 4) is 5.75 Å². The smallest absolute Gasteiger partial charge is 0.246 e.